The molecule has 0 unspecified atom stereocenters. The van der Waals surface area contributed by atoms with Crippen molar-refractivity contribution in [3.8, 4) is 0 Å². The van der Waals surface area contributed by atoms with E-state index in [1.54, 1.807) is 24.3 Å². The molecule has 2 heterocycles. The third-order valence-corrected chi connectivity index (χ3v) is 5.55. The van der Waals surface area contributed by atoms with Crippen molar-refractivity contribution in [1.82, 2.24) is 10.2 Å². The summed E-state index contributed by atoms with van der Waals surface area (Å²) in [6.45, 7) is 1.31. The molecule has 4 rings (SSSR count). The largest absolute Gasteiger partial charge is 0.376 e. The van der Waals surface area contributed by atoms with Crippen LogP contribution >= 0.6 is 11.6 Å². The van der Waals surface area contributed by atoms with Crippen LogP contribution in [0.1, 0.15) is 28.8 Å². The van der Waals surface area contributed by atoms with Crippen LogP contribution in [0.2, 0.25) is 0 Å². The van der Waals surface area contributed by atoms with Gasteiger partial charge >= 0.3 is 0 Å². The lowest BCUT2D eigenvalue weighted by Gasteiger charge is -2.15. The molecule has 160 valence electrons. The fraction of sp³-hybridized carbons (Fsp3) is 0.261. The third-order valence-electron chi connectivity index (χ3n) is 5.20. The molecule has 0 saturated carbocycles. The minimum absolute atomic E-state index is 0.000452. The van der Waals surface area contributed by atoms with Crippen molar-refractivity contribution >= 4 is 35.0 Å². The second-order valence-corrected chi connectivity index (χ2v) is 7.80. The van der Waals surface area contributed by atoms with Crippen LogP contribution in [0.5, 0.6) is 0 Å². The van der Waals surface area contributed by atoms with Gasteiger partial charge in [0.25, 0.3) is 17.7 Å². The van der Waals surface area contributed by atoms with E-state index in [1.807, 2.05) is 30.3 Å². The third kappa shape index (κ3) is 4.78. The molecule has 1 atom stereocenters. The molecule has 0 radical (unpaired) electrons. The first-order valence-electron chi connectivity index (χ1n) is 10.1. The monoisotopic (exact) mass is 439 g/mol. The molecule has 1 fully saturated rings. The van der Waals surface area contributed by atoms with E-state index in [4.69, 9.17) is 16.3 Å². The number of hydrogen-bond donors (Lipinski definition) is 2. The molecule has 0 spiro atoms. The van der Waals surface area contributed by atoms with Crippen molar-refractivity contribution < 1.29 is 19.1 Å². The van der Waals surface area contributed by atoms with E-state index in [-0.39, 0.29) is 29.3 Å². The summed E-state index contributed by atoms with van der Waals surface area (Å²) >= 11 is 6.17. The van der Waals surface area contributed by atoms with E-state index >= 15 is 0 Å². The molecule has 0 aromatic heterocycles. The highest BCUT2D eigenvalue weighted by molar-refractivity contribution is 6.48. The first kappa shape index (κ1) is 21.1. The number of amides is 3. The van der Waals surface area contributed by atoms with Crippen LogP contribution in [0, 0.1) is 0 Å². The van der Waals surface area contributed by atoms with Crippen LogP contribution in [0.25, 0.3) is 0 Å². The summed E-state index contributed by atoms with van der Waals surface area (Å²) in [5.41, 5.74) is 1.73. The molecular formula is C23H22ClN3O4. The van der Waals surface area contributed by atoms with E-state index in [1.165, 1.54) is 0 Å². The Labute approximate surface area is 185 Å². The van der Waals surface area contributed by atoms with Crippen molar-refractivity contribution in [1.29, 1.82) is 0 Å². The molecular weight excluding hydrogens is 418 g/mol. The molecule has 8 heteroatoms. The lowest BCUT2D eigenvalue weighted by atomic mass is 10.1. The lowest BCUT2D eigenvalue weighted by Crippen LogP contribution is -2.32. The Morgan fingerprint density at radius 3 is 2.65 bits per heavy atom. The number of benzene rings is 2. The molecule has 0 aliphatic carbocycles. The van der Waals surface area contributed by atoms with E-state index in [0.717, 1.165) is 29.9 Å². The van der Waals surface area contributed by atoms with Gasteiger partial charge in [0, 0.05) is 24.4 Å². The van der Waals surface area contributed by atoms with E-state index < -0.39 is 11.8 Å². The number of ether oxygens (including phenoxy) is 1. The molecule has 2 aliphatic heterocycles. The summed E-state index contributed by atoms with van der Waals surface area (Å²) in [5.74, 6) is -1.30. The SMILES string of the molecule is O=C(NC[C@@H]1CCCO1)c1cccc(NC2=C(Cl)C(=O)N(Cc3ccccc3)C2=O)c1. The predicted octanol–water partition coefficient (Wildman–Crippen LogP) is 3.03. The molecule has 1 saturated heterocycles. The van der Waals surface area contributed by atoms with Crippen molar-refractivity contribution in [3.05, 3.63) is 76.5 Å². The Hall–Kier alpha value is -3.16. The predicted molar refractivity (Wildman–Crippen MR) is 116 cm³/mol. The van der Waals surface area contributed by atoms with Gasteiger partial charge in [-0.25, -0.2) is 0 Å². The molecule has 31 heavy (non-hydrogen) atoms. The fourth-order valence-electron chi connectivity index (χ4n) is 3.56. The van der Waals surface area contributed by atoms with E-state index in [0.29, 0.717) is 17.8 Å². The van der Waals surface area contributed by atoms with Gasteiger partial charge < -0.3 is 15.4 Å². The highest BCUT2D eigenvalue weighted by atomic mass is 35.5. The summed E-state index contributed by atoms with van der Waals surface area (Å²) in [6, 6.07) is 15.9. The number of rotatable bonds is 7. The van der Waals surface area contributed by atoms with Crippen molar-refractivity contribution in [2.45, 2.75) is 25.5 Å². The minimum atomic E-state index is -0.552. The minimum Gasteiger partial charge on any atom is -0.376 e. The van der Waals surface area contributed by atoms with Gasteiger partial charge in [-0.15, -0.1) is 0 Å². The average Bonchev–Trinajstić information content (AvgIpc) is 3.38. The molecule has 7 nitrogen and oxygen atoms in total. The van der Waals surface area contributed by atoms with Gasteiger partial charge in [0.05, 0.1) is 12.6 Å². The molecule has 2 aromatic rings. The van der Waals surface area contributed by atoms with Crippen LogP contribution < -0.4 is 10.6 Å². The normalized spacial score (nSPS) is 18.6. The van der Waals surface area contributed by atoms with Crippen LogP contribution in [0.15, 0.2) is 65.3 Å². The molecule has 2 N–H and O–H groups in total. The first-order chi connectivity index (χ1) is 15.0. The van der Waals surface area contributed by atoms with Crippen LogP contribution in [-0.2, 0) is 20.9 Å². The Morgan fingerprint density at radius 2 is 1.90 bits per heavy atom. The van der Waals surface area contributed by atoms with Gasteiger partial charge in [0.15, 0.2) is 0 Å². The molecule has 2 aliphatic rings. The molecule has 0 bridgehead atoms. The van der Waals surface area contributed by atoms with E-state index in [2.05, 4.69) is 10.6 Å². The number of imide groups is 1. The molecule has 3 amide bonds. The van der Waals surface area contributed by atoms with Gasteiger partial charge in [-0.2, -0.15) is 0 Å². The highest BCUT2D eigenvalue weighted by Crippen LogP contribution is 2.27. The lowest BCUT2D eigenvalue weighted by molar-refractivity contribution is -0.138. The summed E-state index contributed by atoms with van der Waals surface area (Å²) < 4.78 is 5.52. The van der Waals surface area contributed by atoms with Crippen LogP contribution in [-0.4, -0.2) is 41.9 Å². The number of hydrogen-bond acceptors (Lipinski definition) is 5. The zero-order chi connectivity index (χ0) is 21.8. The summed E-state index contributed by atoms with van der Waals surface area (Å²) in [6.07, 6.45) is 1.99. The maximum Gasteiger partial charge on any atom is 0.279 e. The van der Waals surface area contributed by atoms with Crippen molar-refractivity contribution in [2.24, 2.45) is 0 Å². The van der Waals surface area contributed by atoms with Crippen LogP contribution in [0.3, 0.4) is 0 Å². The second kappa shape index (κ2) is 9.32. The van der Waals surface area contributed by atoms with Crippen LogP contribution in [0.4, 0.5) is 5.69 Å². The van der Waals surface area contributed by atoms with Gasteiger partial charge in [0.2, 0.25) is 0 Å². The van der Waals surface area contributed by atoms with Gasteiger partial charge in [0.1, 0.15) is 10.7 Å². The Morgan fingerprint density at radius 1 is 1.10 bits per heavy atom. The summed E-state index contributed by atoms with van der Waals surface area (Å²) in [4.78, 5) is 38.9. The number of carbonyl (C=O) groups excluding carboxylic acids is 3. The van der Waals surface area contributed by atoms with Gasteiger partial charge in [-0.1, -0.05) is 48.0 Å². The summed E-state index contributed by atoms with van der Waals surface area (Å²) in [7, 11) is 0. The van der Waals surface area contributed by atoms with Gasteiger partial charge in [-0.3, -0.25) is 19.3 Å². The zero-order valence-corrected chi connectivity index (χ0v) is 17.5. The zero-order valence-electron chi connectivity index (χ0n) is 16.8. The maximum absolute atomic E-state index is 12.8. The first-order valence-corrected chi connectivity index (χ1v) is 10.5. The second-order valence-electron chi connectivity index (χ2n) is 7.42. The Balaban J connectivity index is 1.43. The Kier molecular flexibility index (Phi) is 6.34. The molecule has 2 aromatic carbocycles. The average molecular weight is 440 g/mol. The topological polar surface area (TPSA) is 87.7 Å². The number of halogens is 1. The quantitative estimate of drug-likeness (QED) is 0.647. The number of nitrogens with zero attached hydrogens (tertiary/aromatic N) is 1. The fourth-order valence-corrected chi connectivity index (χ4v) is 3.79. The summed E-state index contributed by atoms with van der Waals surface area (Å²) in [5, 5.41) is 5.60. The Bertz CT molecular complexity index is 1030. The van der Waals surface area contributed by atoms with Gasteiger partial charge in [-0.05, 0) is 36.6 Å². The van der Waals surface area contributed by atoms with Crippen molar-refractivity contribution in [3.63, 3.8) is 0 Å². The highest BCUT2D eigenvalue weighted by Gasteiger charge is 2.37. The number of nitrogens with one attached hydrogen (secondary N) is 2. The number of carbonyl (C=O) groups is 3. The number of anilines is 1. The van der Waals surface area contributed by atoms with Crippen molar-refractivity contribution in [2.75, 3.05) is 18.5 Å². The van der Waals surface area contributed by atoms with E-state index in [9.17, 15) is 14.4 Å². The maximum atomic E-state index is 12.8. The smallest absolute Gasteiger partial charge is 0.279 e. The standard InChI is InChI=1S/C23H22ClN3O4/c24-19-20(23(30)27(22(19)29)14-15-6-2-1-3-7-15)26-17-9-4-8-16(12-17)21(28)25-13-18-10-5-11-31-18/h1-4,6-9,12,18,26H,5,10-11,13-14H2,(H,25,28)/t18-/m0/s1.